The Balaban J connectivity index is 0.000000437. The van der Waals surface area contributed by atoms with Crippen LogP contribution >= 0.6 is 0 Å². The Hall–Kier alpha value is -1.58. The van der Waals surface area contributed by atoms with Crippen LogP contribution in [-0.4, -0.2) is 7.25 Å². The van der Waals surface area contributed by atoms with Crippen molar-refractivity contribution in [2.24, 2.45) is 0 Å². The maximum Gasteiger partial charge on any atom is 0.673 e. The molecule has 0 aliphatic carbocycles. The molecule has 1 rings (SSSR count). The summed E-state index contributed by atoms with van der Waals surface area (Å²) in [5.41, 5.74) is 1.75. The molecule has 2 nitrogen and oxygen atoms in total. The third-order valence-corrected chi connectivity index (χ3v) is 1.82. The molecule has 94 valence electrons. The second-order valence-corrected chi connectivity index (χ2v) is 4.36. The van der Waals surface area contributed by atoms with Crippen molar-refractivity contribution in [2.75, 3.05) is 0 Å². The highest BCUT2D eigenvalue weighted by Crippen LogP contribution is 2.30. The third kappa shape index (κ3) is 7.33. The van der Waals surface area contributed by atoms with Crippen molar-refractivity contribution in [1.82, 2.24) is 0 Å². The van der Waals surface area contributed by atoms with Crippen LogP contribution in [0.25, 0.3) is 4.98 Å². The van der Waals surface area contributed by atoms with E-state index < -0.39 is 7.25 Å². The summed E-state index contributed by atoms with van der Waals surface area (Å²) in [5.74, 6) is 0. The highest BCUT2D eigenvalue weighted by molar-refractivity contribution is 6.50. The fraction of sp³-hybridized carbons (Fsp3) is 0.400. The summed E-state index contributed by atoms with van der Waals surface area (Å²) in [6.07, 6.45) is 0. The first-order valence-electron chi connectivity index (χ1n) is 4.87. The zero-order valence-electron chi connectivity index (χ0n) is 9.79. The predicted octanol–water partition coefficient (Wildman–Crippen LogP) is 4.77. The van der Waals surface area contributed by atoms with Crippen LogP contribution in [-0.2, 0) is 5.41 Å². The van der Waals surface area contributed by atoms with E-state index in [1.807, 2.05) is 18.2 Å². The standard InChI is InChI=1S/C10H13N2.BF4/c1-10(2,3)8-6-4-5-7-9(8)12-11;2-1(3,4)5/h4-7H,1-3H3;/q+1;-1. The van der Waals surface area contributed by atoms with E-state index in [0.29, 0.717) is 5.69 Å². The summed E-state index contributed by atoms with van der Waals surface area (Å²) < 4.78 is 39.0. The molecule has 0 spiro atoms. The number of halogens is 4. The van der Waals surface area contributed by atoms with E-state index in [9.17, 15) is 17.3 Å². The molecule has 17 heavy (non-hydrogen) atoms. The summed E-state index contributed by atoms with van der Waals surface area (Å²) in [6.45, 7) is 6.28. The van der Waals surface area contributed by atoms with Gasteiger partial charge in [-0.05, 0) is 5.41 Å². The Kier molecular flexibility index (Phi) is 5.14. The Morgan fingerprint density at radius 1 is 1.06 bits per heavy atom. The van der Waals surface area contributed by atoms with Crippen LogP contribution in [0.1, 0.15) is 26.3 Å². The molecule has 7 heteroatoms. The maximum absolute atomic E-state index is 9.75. The van der Waals surface area contributed by atoms with E-state index in [-0.39, 0.29) is 5.41 Å². The van der Waals surface area contributed by atoms with Crippen LogP contribution in [0.5, 0.6) is 0 Å². The average molecular weight is 248 g/mol. The second-order valence-electron chi connectivity index (χ2n) is 4.36. The lowest BCUT2D eigenvalue weighted by Gasteiger charge is -2.15. The zero-order valence-corrected chi connectivity index (χ0v) is 9.79. The molecule has 0 bridgehead atoms. The van der Waals surface area contributed by atoms with Gasteiger partial charge in [-0.3, -0.25) is 0 Å². The van der Waals surface area contributed by atoms with Crippen molar-refractivity contribution in [2.45, 2.75) is 26.2 Å². The van der Waals surface area contributed by atoms with Gasteiger partial charge in [0, 0.05) is 6.07 Å². The van der Waals surface area contributed by atoms with Crippen molar-refractivity contribution in [3.05, 3.63) is 34.8 Å². The van der Waals surface area contributed by atoms with Gasteiger partial charge in [0.25, 0.3) is 0 Å². The van der Waals surface area contributed by atoms with E-state index in [1.165, 1.54) is 0 Å². The Bertz CT molecular complexity index is 398. The minimum Gasteiger partial charge on any atom is -0.418 e. The summed E-state index contributed by atoms with van der Waals surface area (Å²) in [6, 6.07) is 7.61. The first-order chi connectivity index (χ1) is 7.55. The second kappa shape index (κ2) is 5.66. The van der Waals surface area contributed by atoms with E-state index in [1.54, 1.807) is 6.07 Å². The van der Waals surface area contributed by atoms with Crippen molar-refractivity contribution >= 4 is 12.9 Å². The Morgan fingerprint density at radius 2 is 1.47 bits per heavy atom. The van der Waals surface area contributed by atoms with Crippen molar-refractivity contribution in [3.8, 4) is 0 Å². The minimum absolute atomic E-state index is 0.0306. The number of hydrogen-bond acceptors (Lipinski definition) is 1. The predicted molar refractivity (Wildman–Crippen MR) is 60.1 cm³/mol. The van der Waals surface area contributed by atoms with Crippen LogP contribution in [0.15, 0.2) is 24.3 Å². The maximum atomic E-state index is 9.75. The van der Waals surface area contributed by atoms with Crippen LogP contribution in [0.3, 0.4) is 0 Å². The molecular weight excluding hydrogens is 235 g/mol. The van der Waals surface area contributed by atoms with Gasteiger partial charge in [-0.2, -0.15) is 0 Å². The summed E-state index contributed by atoms with van der Waals surface area (Å²) in [7, 11) is -6.00. The van der Waals surface area contributed by atoms with Gasteiger partial charge in [-0.1, -0.05) is 39.0 Å². The quantitative estimate of drug-likeness (QED) is 0.369. The van der Waals surface area contributed by atoms with Gasteiger partial charge in [0.1, 0.15) is 0 Å². The van der Waals surface area contributed by atoms with Gasteiger partial charge in [0.05, 0.1) is 5.56 Å². The molecule has 0 heterocycles. The molecule has 0 radical (unpaired) electrons. The van der Waals surface area contributed by atoms with Gasteiger partial charge < -0.3 is 17.3 Å². The molecule has 0 saturated carbocycles. The third-order valence-electron chi connectivity index (χ3n) is 1.82. The van der Waals surface area contributed by atoms with Crippen LogP contribution in [0.2, 0.25) is 0 Å². The van der Waals surface area contributed by atoms with E-state index >= 15 is 0 Å². The molecule has 0 atom stereocenters. The number of rotatable bonds is 0. The molecule has 1 aromatic carbocycles. The first-order valence-corrected chi connectivity index (χ1v) is 4.87. The molecule has 0 aliphatic heterocycles. The summed E-state index contributed by atoms with van der Waals surface area (Å²) in [5, 5.41) is 8.71. The molecule has 0 unspecified atom stereocenters. The molecular formula is C10H13BF4N2. The normalized spacial score (nSPS) is 11.2. The van der Waals surface area contributed by atoms with Gasteiger partial charge in [-0.25, -0.2) is 0 Å². The largest absolute Gasteiger partial charge is 0.673 e. The smallest absolute Gasteiger partial charge is 0.418 e. The summed E-state index contributed by atoms with van der Waals surface area (Å²) in [4.78, 5) is 3.24. The fourth-order valence-electron chi connectivity index (χ4n) is 1.20. The fourth-order valence-corrected chi connectivity index (χ4v) is 1.20. The number of benzene rings is 1. The van der Waals surface area contributed by atoms with Gasteiger partial charge >= 0.3 is 12.9 Å². The molecule has 1 aromatic rings. The lowest BCUT2D eigenvalue weighted by atomic mass is 9.86. The summed E-state index contributed by atoms with van der Waals surface area (Å²) >= 11 is 0. The van der Waals surface area contributed by atoms with Gasteiger partial charge in [0.15, 0.2) is 4.98 Å². The van der Waals surface area contributed by atoms with Crippen molar-refractivity contribution in [1.29, 1.82) is 5.39 Å². The minimum atomic E-state index is -6.00. The molecule has 0 aromatic heterocycles. The van der Waals surface area contributed by atoms with Crippen LogP contribution in [0.4, 0.5) is 23.0 Å². The lowest BCUT2D eigenvalue weighted by molar-refractivity contribution is 0.368. The molecule has 0 N–H and O–H groups in total. The van der Waals surface area contributed by atoms with Crippen LogP contribution in [0, 0.1) is 5.39 Å². The van der Waals surface area contributed by atoms with Gasteiger partial charge in [0.2, 0.25) is 5.39 Å². The molecule has 0 saturated heterocycles. The lowest BCUT2D eigenvalue weighted by Crippen LogP contribution is -2.10. The Labute approximate surface area is 97.4 Å². The van der Waals surface area contributed by atoms with Crippen molar-refractivity contribution < 1.29 is 17.3 Å². The topological polar surface area (TPSA) is 28.1 Å². The first kappa shape index (κ1) is 15.4. The van der Waals surface area contributed by atoms with Crippen molar-refractivity contribution in [3.63, 3.8) is 0 Å². The molecule has 0 fully saturated rings. The monoisotopic (exact) mass is 248 g/mol. The SMILES string of the molecule is CC(C)(C)c1ccccc1[N+]#N.F[B-](F)(F)F. The average Bonchev–Trinajstić information content (AvgIpc) is 2.14. The van der Waals surface area contributed by atoms with E-state index in [4.69, 9.17) is 5.39 Å². The number of nitrogens with zero attached hydrogens (tertiary/aromatic N) is 2. The van der Waals surface area contributed by atoms with Gasteiger partial charge in [-0.15, -0.1) is 0 Å². The van der Waals surface area contributed by atoms with E-state index in [2.05, 4.69) is 25.7 Å². The highest BCUT2D eigenvalue weighted by atomic mass is 19.5. The zero-order chi connectivity index (χ0) is 13.7. The Morgan fingerprint density at radius 3 is 1.76 bits per heavy atom. The molecule has 0 amide bonds. The van der Waals surface area contributed by atoms with Crippen LogP contribution < -0.4 is 0 Å². The molecule has 0 aliphatic rings. The number of hydrogen-bond donors (Lipinski definition) is 0. The van der Waals surface area contributed by atoms with E-state index in [0.717, 1.165) is 5.56 Å². The number of diazo groups is 1. The highest BCUT2D eigenvalue weighted by Gasteiger charge is 2.23.